The molecule has 0 saturated carbocycles. The van der Waals surface area contributed by atoms with E-state index >= 15 is 0 Å². The first kappa shape index (κ1) is 13.8. The summed E-state index contributed by atoms with van der Waals surface area (Å²) in [6.07, 6.45) is 0. The fraction of sp³-hybridized carbons (Fsp3) is 0.267. The topological polar surface area (TPSA) is 84.0 Å². The number of nitrogens with one attached hydrogen (secondary N) is 2. The lowest BCUT2D eigenvalue weighted by Gasteiger charge is -2.24. The normalized spacial score (nSPS) is 11.9. The summed E-state index contributed by atoms with van der Waals surface area (Å²) in [6, 6.07) is 7.65. The molecule has 2 heterocycles. The minimum atomic E-state index is -0.472. The number of H-pyrrole nitrogens is 1. The summed E-state index contributed by atoms with van der Waals surface area (Å²) in [4.78, 5) is 15.1. The minimum absolute atomic E-state index is 0.000626. The van der Waals surface area contributed by atoms with E-state index in [9.17, 15) is 4.79 Å². The Morgan fingerprint density at radius 2 is 2.24 bits per heavy atom. The Labute approximate surface area is 125 Å². The predicted octanol–water partition coefficient (Wildman–Crippen LogP) is 3.15. The molecule has 1 aromatic carbocycles. The van der Waals surface area contributed by atoms with Gasteiger partial charge in [-0.05, 0) is 17.5 Å². The third-order valence-electron chi connectivity index (χ3n) is 3.50. The second-order valence-corrected chi connectivity index (χ2v) is 6.61. The van der Waals surface area contributed by atoms with Gasteiger partial charge in [-0.1, -0.05) is 19.9 Å². The number of aromatic nitrogens is 1. The molecule has 0 aliphatic heterocycles. The Balaban J connectivity index is 1.85. The van der Waals surface area contributed by atoms with Crippen LogP contribution >= 0.6 is 11.3 Å². The van der Waals surface area contributed by atoms with Gasteiger partial charge in [0.2, 0.25) is 0 Å². The first-order chi connectivity index (χ1) is 9.95. The van der Waals surface area contributed by atoms with E-state index in [1.54, 1.807) is 23.5 Å². The third kappa shape index (κ3) is 2.67. The van der Waals surface area contributed by atoms with Crippen molar-refractivity contribution < 1.29 is 4.42 Å². The number of aromatic amines is 1. The van der Waals surface area contributed by atoms with E-state index in [-0.39, 0.29) is 5.41 Å². The lowest BCUT2D eigenvalue weighted by atomic mass is 9.91. The first-order valence-corrected chi connectivity index (χ1v) is 7.54. The lowest BCUT2D eigenvalue weighted by Crippen LogP contribution is -2.26. The van der Waals surface area contributed by atoms with Gasteiger partial charge in [0.05, 0.1) is 16.9 Å². The van der Waals surface area contributed by atoms with Crippen molar-refractivity contribution in [2.75, 3.05) is 17.6 Å². The van der Waals surface area contributed by atoms with Gasteiger partial charge in [0.25, 0.3) is 0 Å². The van der Waals surface area contributed by atoms with Crippen LogP contribution in [0.2, 0.25) is 0 Å². The molecule has 0 aliphatic carbocycles. The number of nitrogen functional groups attached to an aromatic ring is 1. The molecule has 0 amide bonds. The zero-order chi connectivity index (χ0) is 15.0. The molecular weight excluding hydrogens is 286 g/mol. The highest BCUT2D eigenvalue weighted by molar-refractivity contribution is 7.10. The third-order valence-corrected chi connectivity index (χ3v) is 4.74. The Morgan fingerprint density at radius 3 is 2.95 bits per heavy atom. The number of anilines is 2. The quantitative estimate of drug-likeness (QED) is 0.646. The Hall–Kier alpha value is -2.21. The van der Waals surface area contributed by atoms with Crippen LogP contribution in [0.1, 0.15) is 18.7 Å². The second kappa shape index (κ2) is 4.96. The van der Waals surface area contributed by atoms with Crippen molar-refractivity contribution in [2.24, 2.45) is 0 Å². The molecule has 0 fully saturated rings. The molecule has 2 aromatic heterocycles. The van der Waals surface area contributed by atoms with E-state index in [1.165, 1.54) is 4.88 Å². The molecule has 4 N–H and O–H groups in total. The van der Waals surface area contributed by atoms with Crippen molar-refractivity contribution in [3.8, 4) is 0 Å². The van der Waals surface area contributed by atoms with Gasteiger partial charge in [0, 0.05) is 22.9 Å². The molecule has 0 atom stereocenters. The summed E-state index contributed by atoms with van der Waals surface area (Å²) in [7, 11) is 0. The minimum Gasteiger partial charge on any atom is -0.408 e. The Kier molecular flexibility index (Phi) is 3.25. The average Bonchev–Trinajstić information content (AvgIpc) is 3.04. The zero-order valence-corrected chi connectivity index (χ0v) is 12.7. The first-order valence-electron chi connectivity index (χ1n) is 6.66. The number of hydrogen-bond donors (Lipinski definition) is 3. The summed E-state index contributed by atoms with van der Waals surface area (Å²) in [5.41, 5.74) is 8.48. The maximum atomic E-state index is 11.2. The predicted molar refractivity (Wildman–Crippen MR) is 87.1 cm³/mol. The van der Waals surface area contributed by atoms with Gasteiger partial charge >= 0.3 is 5.76 Å². The van der Waals surface area contributed by atoms with Crippen LogP contribution in [0.25, 0.3) is 11.1 Å². The van der Waals surface area contributed by atoms with E-state index in [0.717, 1.165) is 12.2 Å². The van der Waals surface area contributed by atoms with E-state index in [0.29, 0.717) is 16.8 Å². The molecule has 0 radical (unpaired) electrons. The molecule has 6 heteroatoms. The molecule has 0 saturated heterocycles. The van der Waals surface area contributed by atoms with E-state index in [4.69, 9.17) is 10.2 Å². The lowest BCUT2D eigenvalue weighted by molar-refractivity contribution is 0.555. The summed E-state index contributed by atoms with van der Waals surface area (Å²) in [5.74, 6) is -0.472. The summed E-state index contributed by atoms with van der Waals surface area (Å²) in [6.45, 7) is 5.10. The highest BCUT2D eigenvalue weighted by Crippen LogP contribution is 2.30. The van der Waals surface area contributed by atoms with Gasteiger partial charge in [-0.2, -0.15) is 0 Å². The van der Waals surface area contributed by atoms with Crippen molar-refractivity contribution >= 4 is 33.8 Å². The number of rotatable bonds is 4. The second-order valence-electron chi connectivity index (χ2n) is 5.66. The molecule has 21 heavy (non-hydrogen) atoms. The van der Waals surface area contributed by atoms with Crippen LogP contribution in [0, 0.1) is 0 Å². The fourth-order valence-electron chi connectivity index (χ4n) is 2.23. The van der Waals surface area contributed by atoms with Crippen molar-refractivity contribution in [3.63, 3.8) is 0 Å². The fourth-order valence-corrected chi connectivity index (χ4v) is 3.09. The van der Waals surface area contributed by atoms with E-state index in [1.807, 2.05) is 0 Å². The van der Waals surface area contributed by atoms with Crippen molar-refractivity contribution in [1.82, 2.24) is 4.98 Å². The van der Waals surface area contributed by atoms with Crippen LogP contribution in [0.4, 0.5) is 11.4 Å². The number of benzene rings is 1. The molecule has 0 unspecified atom stereocenters. The summed E-state index contributed by atoms with van der Waals surface area (Å²) < 4.78 is 4.99. The number of nitrogens with two attached hydrogens (primary N) is 1. The van der Waals surface area contributed by atoms with Crippen molar-refractivity contribution in [3.05, 3.63) is 45.1 Å². The van der Waals surface area contributed by atoms with Crippen LogP contribution in [0.5, 0.6) is 0 Å². The largest absolute Gasteiger partial charge is 0.417 e. The molecule has 0 spiro atoms. The summed E-state index contributed by atoms with van der Waals surface area (Å²) in [5, 5.41) is 5.44. The average molecular weight is 303 g/mol. The van der Waals surface area contributed by atoms with Crippen molar-refractivity contribution in [2.45, 2.75) is 19.3 Å². The van der Waals surface area contributed by atoms with Crippen molar-refractivity contribution in [1.29, 1.82) is 0 Å². The van der Waals surface area contributed by atoms with E-state index in [2.05, 4.69) is 41.7 Å². The van der Waals surface area contributed by atoms with Gasteiger partial charge in [0.15, 0.2) is 5.58 Å². The molecular formula is C15H17N3O2S. The molecule has 3 aromatic rings. The highest BCUT2D eigenvalue weighted by Gasteiger charge is 2.21. The van der Waals surface area contributed by atoms with Crippen LogP contribution in [-0.2, 0) is 5.41 Å². The number of oxazole rings is 1. The molecule has 0 aliphatic rings. The van der Waals surface area contributed by atoms with Gasteiger partial charge in [0.1, 0.15) is 0 Å². The number of fused-ring (bicyclic) bond motifs is 1. The summed E-state index contributed by atoms with van der Waals surface area (Å²) >= 11 is 1.74. The van der Waals surface area contributed by atoms with Gasteiger partial charge in [-0.3, -0.25) is 4.98 Å². The maximum absolute atomic E-state index is 11.2. The highest BCUT2D eigenvalue weighted by atomic mass is 32.1. The van der Waals surface area contributed by atoms with Gasteiger partial charge < -0.3 is 15.5 Å². The zero-order valence-electron chi connectivity index (χ0n) is 11.9. The van der Waals surface area contributed by atoms with Gasteiger partial charge in [-0.25, -0.2) is 4.79 Å². The molecule has 3 rings (SSSR count). The van der Waals surface area contributed by atoms with E-state index < -0.39 is 5.76 Å². The van der Waals surface area contributed by atoms with Crippen LogP contribution in [0.15, 0.2) is 38.9 Å². The number of hydrogen-bond acceptors (Lipinski definition) is 5. The Bertz CT molecular complexity index is 815. The molecule has 110 valence electrons. The maximum Gasteiger partial charge on any atom is 0.417 e. The Morgan fingerprint density at radius 1 is 1.43 bits per heavy atom. The number of thiophene rings is 1. The van der Waals surface area contributed by atoms with Crippen LogP contribution in [0.3, 0.4) is 0 Å². The smallest absolute Gasteiger partial charge is 0.408 e. The monoisotopic (exact) mass is 303 g/mol. The van der Waals surface area contributed by atoms with Crippen LogP contribution < -0.4 is 16.8 Å². The van der Waals surface area contributed by atoms with Crippen LogP contribution in [-0.4, -0.2) is 11.5 Å². The molecule has 5 nitrogen and oxygen atoms in total. The molecule has 0 bridgehead atoms. The van der Waals surface area contributed by atoms with Gasteiger partial charge in [-0.15, -0.1) is 11.3 Å². The standard InChI is InChI=1S/C15H17N3O2S/c1-15(2,13-4-3-5-21-13)8-17-10-7-11-12(6-9(10)16)20-14(19)18-11/h3-7,17H,8,16H2,1-2H3,(H,18,19). The SMILES string of the molecule is CC(C)(CNc1cc2[nH]c(=O)oc2cc1N)c1cccs1.